The number of benzene rings is 2. The molecule has 3 heterocycles. The lowest BCUT2D eigenvalue weighted by molar-refractivity contribution is -0.685. The lowest BCUT2D eigenvalue weighted by Crippen LogP contribution is -3.00. The van der Waals surface area contributed by atoms with Gasteiger partial charge in [-0.2, -0.15) is 4.57 Å². The molecule has 0 saturated carbocycles. The summed E-state index contributed by atoms with van der Waals surface area (Å²) in [6.45, 7) is 3.13. The lowest BCUT2D eigenvalue weighted by atomic mass is 10.2. The van der Waals surface area contributed by atoms with E-state index in [2.05, 4.69) is 15.5 Å². The van der Waals surface area contributed by atoms with E-state index < -0.39 is 0 Å². The summed E-state index contributed by atoms with van der Waals surface area (Å²) in [7, 11) is 1.99. The standard InChI is InChI=1S/C24H19Cl3N3OS3.ClH/c1-3-30-21(12-20-29(9-10-32-20)13-15-16(26)5-4-6-17(15)27)34-22(23(30)31)24-28(2)18-8-7-14(25)11-19(18)33-24;/h4-12H,3,13H2,1-2H3;1H/q+1;/p-1/b24-22+;. The Balaban J connectivity index is 0.00000289. The molecule has 1 aliphatic heterocycles. The van der Waals surface area contributed by atoms with E-state index in [0.29, 0.717) is 28.2 Å². The van der Waals surface area contributed by atoms with Crippen LogP contribution in [0.2, 0.25) is 15.1 Å². The number of rotatable bonds is 4. The first-order valence-corrected chi connectivity index (χ1v) is 14.1. The van der Waals surface area contributed by atoms with E-state index >= 15 is 0 Å². The summed E-state index contributed by atoms with van der Waals surface area (Å²) in [4.78, 5) is 16.5. The van der Waals surface area contributed by atoms with Crippen molar-refractivity contribution in [2.45, 2.75) is 24.9 Å². The van der Waals surface area contributed by atoms with E-state index in [0.717, 1.165) is 35.4 Å². The molecule has 11 heteroatoms. The van der Waals surface area contributed by atoms with Gasteiger partial charge in [0.25, 0.3) is 10.6 Å². The average Bonchev–Trinajstić information content (AvgIpc) is 3.47. The molecule has 1 aliphatic rings. The van der Waals surface area contributed by atoms with Gasteiger partial charge in [0.2, 0.25) is 0 Å². The Labute approximate surface area is 236 Å². The SMILES string of the molecule is CCn1c(=O)/c(=C2\Sc3cc(Cl)ccc3N2C)s/c1=C\c1scc[n+]1Cc1c(Cl)cccc1Cl.[Cl-]. The van der Waals surface area contributed by atoms with Gasteiger partial charge in [-0.25, -0.2) is 0 Å². The van der Waals surface area contributed by atoms with Crippen LogP contribution >= 0.6 is 69.2 Å². The molecule has 0 aliphatic carbocycles. The summed E-state index contributed by atoms with van der Waals surface area (Å²) in [5.74, 6) is 0. The third kappa shape index (κ3) is 5.05. The largest absolute Gasteiger partial charge is 1.00 e. The van der Waals surface area contributed by atoms with Gasteiger partial charge in [0.15, 0.2) is 12.7 Å². The Kier molecular flexibility index (Phi) is 8.28. The highest BCUT2D eigenvalue weighted by Crippen LogP contribution is 2.46. The number of hydrogen-bond donors (Lipinski definition) is 0. The summed E-state index contributed by atoms with van der Waals surface area (Å²) in [5.41, 5.74) is 1.95. The van der Waals surface area contributed by atoms with E-state index in [4.69, 9.17) is 34.8 Å². The van der Waals surface area contributed by atoms with Crippen molar-refractivity contribution in [3.63, 3.8) is 0 Å². The molecule has 0 spiro atoms. The molecule has 0 atom stereocenters. The van der Waals surface area contributed by atoms with Crippen molar-refractivity contribution in [1.82, 2.24) is 4.57 Å². The molecule has 2 aromatic heterocycles. The fourth-order valence-corrected chi connectivity index (χ4v) is 7.93. The average molecular weight is 603 g/mol. The molecule has 0 radical (unpaired) electrons. The number of nitrogens with zero attached hydrogens (tertiary/aromatic N) is 3. The molecule has 4 aromatic rings. The molecular weight excluding hydrogens is 584 g/mol. The van der Waals surface area contributed by atoms with Gasteiger partial charge in [-0.1, -0.05) is 64.0 Å². The van der Waals surface area contributed by atoms with Crippen LogP contribution in [0, 0.1) is 0 Å². The Bertz CT molecular complexity index is 1570. The molecule has 0 amide bonds. The lowest BCUT2D eigenvalue weighted by Gasteiger charge is -2.12. The number of anilines is 1. The smallest absolute Gasteiger partial charge is 0.271 e. The predicted octanol–water partition coefficient (Wildman–Crippen LogP) is 2.43. The van der Waals surface area contributed by atoms with Crippen LogP contribution in [0.1, 0.15) is 17.5 Å². The van der Waals surface area contributed by atoms with Gasteiger partial charge in [0.05, 0.1) is 32.8 Å². The van der Waals surface area contributed by atoms with Crippen LogP contribution in [0.15, 0.2) is 57.7 Å². The highest BCUT2D eigenvalue weighted by Gasteiger charge is 2.25. The quantitative estimate of drug-likeness (QED) is 0.336. The second-order valence-electron chi connectivity index (χ2n) is 7.61. The van der Waals surface area contributed by atoms with Crippen molar-refractivity contribution in [2.24, 2.45) is 0 Å². The molecule has 0 fully saturated rings. The van der Waals surface area contributed by atoms with Crippen molar-refractivity contribution < 1.29 is 17.0 Å². The third-order valence-corrected chi connectivity index (χ3v) is 9.83. The topological polar surface area (TPSA) is 29.1 Å². The summed E-state index contributed by atoms with van der Waals surface area (Å²) in [6, 6.07) is 11.3. The van der Waals surface area contributed by atoms with Gasteiger partial charge in [0, 0.05) is 23.5 Å². The number of fused-ring (bicyclic) bond motifs is 1. The van der Waals surface area contributed by atoms with Crippen LogP contribution < -0.4 is 36.6 Å². The van der Waals surface area contributed by atoms with Crippen LogP contribution in [0.25, 0.3) is 11.1 Å². The van der Waals surface area contributed by atoms with Crippen molar-refractivity contribution >= 4 is 86.0 Å². The molecular formula is C24H19Cl4N3OS3. The number of aromatic nitrogens is 2. The maximum absolute atomic E-state index is 13.4. The van der Waals surface area contributed by atoms with Crippen LogP contribution in [0.4, 0.5) is 5.69 Å². The molecule has 5 rings (SSSR count). The van der Waals surface area contributed by atoms with Crippen LogP contribution in [0.5, 0.6) is 0 Å². The first-order chi connectivity index (χ1) is 16.4. The number of hydrogen-bond acceptors (Lipinski definition) is 5. The van der Waals surface area contributed by atoms with Gasteiger partial charge < -0.3 is 17.3 Å². The normalized spacial score (nSPS) is 14.9. The minimum absolute atomic E-state index is 0. The Hall–Kier alpha value is -1.45. The fourth-order valence-electron chi connectivity index (χ4n) is 3.82. The van der Waals surface area contributed by atoms with E-state index in [1.54, 1.807) is 23.1 Å². The molecule has 0 bridgehead atoms. The number of thiazole rings is 2. The van der Waals surface area contributed by atoms with Gasteiger partial charge in [-0.15, -0.1) is 11.3 Å². The predicted molar refractivity (Wildman–Crippen MR) is 146 cm³/mol. The molecule has 2 aromatic carbocycles. The Morgan fingerprint density at radius 2 is 1.86 bits per heavy atom. The fraction of sp³-hybridized carbons (Fsp3) is 0.167. The minimum atomic E-state index is 0. The van der Waals surface area contributed by atoms with Crippen molar-refractivity contribution in [2.75, 3.05) is 11.9 Å². The first-order valence-electron chi connectivity index (χ1n) is 10.4. The zero-order valence-corrected chi connectivity index (χ0v) is 24.1. The zero-order chi connectivity index (χ0) is 24.0. The highest BCUT2D eigenvalue weighted by molar-refractivity contribution is 8.08. The molecule has 4 nitrogen and oxygen atoms in total. The van der Waals surface area contributed by atoms with E-state index in [9.17, 15) is 4.79 Å². The molecule has 0 N–H and O–H groups in total. The zero-order valence-electron chi connectivity index (χ0n) is 18.6. The summed E-state index contributed by atoms with van der Waals surface area (Å²) in [6.07, 6.45) is 4.08. The monoisotopic (exact) mass is 601 g/mol. The van der Waals surface area contributed by atoms with Gasteiger partial charge >= 0.3 is 0 Å². The van der Waals surface area contributed by atoms with E-state index in [-0.39, 0.29) is 18.0 Å². The summed E-state index contributed by atoms with van der Waals surface area (Å²) >= 11 is 23.7. The van der Waals surface area contributed by atoms with E-state index in [1.807, 2.05) is 66.5 Å². The van der Waals surface area contributed by atoms with Crippen molar-refractivity contribution in [3.8, 4) is 0 Å². The summed E-state index contributed by atoms with van der Waals surface area (Å²) < 4.78 is 5.55. The molecule has 0 unspecified atom stereocenters. The minimum Gasteiger partial charge on any atom is -1.00 e. The van der Waals surface area contributed by atoms with E-state index in [1.165, 1.54) is 11.3 Å². The molecule has 0 saturated heterocycles. The maximum atomic E-state index is 13.4. The third-order valence-electron chi connectivity index (χ3n) is 5.57. The van der Waals surface area contributed by atoms with Crippen molar-refractivity contribution in [1.29, 1.82) is 0 Å². The molecule has 35 heavy (non-hydrogen) atoms. The van der Waals surface area contributed by atoms with Crippen LogP contribution in [-0.2, 0) is 13.1 Å². The van der Waals surface area contributed by atoms with Gasteiger partial charge in [-0.05, 0) is 37.3 Å². The molecule has 182 valence electrons. The number of thioether (sulfide) groups is 1. The first kappa shape index (κ1) is 26.6. The highest BCUT2D eigenvalue weighted by atomic mass is 35.5. The van der Waals surface area contributed by atoms with Gasteiger partial charge in [0.1, 0.15) is 14.2 Å². The second kappa shape index (κ2) is 10.9. The van der Waals surface area contributed by atoms with Crippen LogP contribution in [0.3, 0.4) is 0 Å². The van der Waals surface area contributed by atoms with Crippen LogP contribution in [-0.4, -0.2) is 11.6 Å². The Morgan fingerprint density at radius 1 is 1.11 bits per heavy atom. The Morgan fingerprint density at radius 3 is 2.57 bits per heavy atom. The number of halogens is 4. The second-order valence-corrected chi connectivity index (χ2v) is 11.8. The van der Waals surface area contributed by atoms with Gasteiger partial charge in [-0.3, -0.25) is 9.36 Å². The summed E-state index contributed by atoms with van der Waals surface area (Å²) in [5, 5.41) is 5.93. The maximum Gasteiger partial charge on any atom is 0.271 e. The van der Waals surface area contributed by atoms with Crippen molar-refractivity contribution in [3.05, 3.63) is 93.2 Å².